The minimum Gasteiger partial charge on any atom is -0.496 e. The second kappa shape index (κ2) is 6.11. The van der Waals surface area contributed by atoms with Crippen LogP contribution in [0, 0.1) is 10.1 Å². The summed E-state index contributed by atoms with van der Waals surface area (Å²) in [5, 5.41) is 18.7. The lowest BCUT2D eigenvalue weighted by atomic mass is 10.1. The van der Waals surface area contributed by atoms with Gasteiger partial charge in [-0.05, 0) is 6.07 Å². The molecule has 0 aliphatic rings. The second-order valence-electron chi connectivity index (χ2n) is 3.98. The van der Waals surface area contributed by atoms with E-state index in [4.69, 9.17) is 9.47 Å². The van der Waals surface area contributed by atoms with Crippen LogP contribution in [-0.4, -0.2) is 40.5 Å². The summed E-state index contributed by atoms with van der Waals surface area (Å²) < 4.78 is 12.0. The highest BCUT2D eigenvalue weighted by Crippen LogP contribution is 2.31. The van der Waals surface area contributed by atoms with Gasteiger partial charge >= 0.3 is 0 Å². The first-order valence-electron chi connectivity index (χ1n) is 5.87. The van der Waals surface area contributed by atoms with Crippen LogP contribution in [0.1, 0.15) is 0 Å². The quantitative estimate of drug-likeness (QED) is 0.587. The highest BCUT2D eigenvalue weighted by Gasteiger charge is 2.16. The summed E-state index contributed by atoms with van der Waals surface area (Å²) in [5.41, 5.74) is 0.611. The lowest BCUT2D eigenvalue weighted by Crippen LogP contribution is -2.05. The maximum Gasteiger partial charge on any atom is 0.273 e. The van der Waals surface area contributed by atoms with E-state index in [1.807, 2.05) is 0 Å². The molecule has 0 amide bonds. The summed E-state index contributed by atoms with van der Waals surface area (Å²) in [6, 6.07) is 4.38. The lowest BCUT2D eigenvalue weighted by molar-refractivity contribution is -0.384. The fraction of sp³-hybridized carbons (Fsp3) is 0.333. The third-order valence-electron chi connectivity index (χ3n) is 2.79. The predicted molar refractivity (Wildman–Crippen MR) is 70.5 cm³/mol. The second-order valence-corrected chi connectivity index (χ2v) is 3.98. The van der Waals surface area contributed by atoms with Gasteiger partial charge in [0.2, 0.25) is 0 Å². The number of rotatable bonds is 6. The molecule has 0 spiro atoms. The first-order chi connectivity index (χ1) is 9.67. The van der Waals surface area contributed by atoms with Gasteiger partial charge in [-0.25, -0.2) is 0 Å². The van der Waals surface area contributed by atoms with E-state index in [9.17, 15) is 10.1 Å². The van der Waals surface area contributed by atoms with Crippen molar-refractivity contribution < 1.29 is 14.4 Å². The van der Waals surface area contributed by atoms with E-state index < -0.39 is 4.92 Å². The van der Waals surface area contributed by atoms with Crippen molar-refractivity contribution in [2.75, 3.05) is 20.8 Å². The van der Waals surface area contributed by atoms with Crippen molar-refractivity contribution in [1.29, 1.82) is 0 Å². The molecule has 0 radical (unpaired) electrons. The molecule has 8 nitrogen and oxygen atoms in total. The summed E-state index contributed by atoms with van der Waals surface area (Å²) in [6.07, 6.45) is 1.58. The fourth-order valence-corrected chi connectivity index (χ4v) is 1.80. The Morgan fingerprint density at radius 3 is 2.85 bits per heavy atom. The maximum atomic E-state index is 10.8. The third-order valence-corrected chi connectivity index (χ3v) is 2.79. The smallest absolute Gasteiger partial charge is 0.273 e. The van der Waals surface area contributed by atoms with Gasteiger partial charge in [0.25, 0.3) is 5.69 Å². The van der Waals surface area contributed by atoms with E-state index in [2.05, 4.69) is 10.2 Å². The number of nitro groups is 1. The van der Waals surface area contributed by atoms with Gasteiger partial charge in [0.15, 0.2) is 5.82 Å². The normalized spacial score (nSPS) is 10.5. The van der Waals surface area contributed by atoms with Gasteiger partial charge < -0.3 is 14.0 Å². The minimum absolute atomic E-state index is 0.0337. The van der Waals surface area contributed by atoms with Crippen LogP contribution < -0.4 is 4.74 Å². The summed E-state index contributed by atoms with van der Waals surface area (Å²) in [6.45, 7) is 1.10. The van der Waals surface area contributed by atoms with Gasteiger partial charge in [0.05, 0.1) is 30.3 Å². The topological polar surface area (TPSA) is 92.3 Å². The molecule has 0 N–H and O–H groups in total. The summed E-state index contributed by atoms with van der Waals surface area (Å²) in [7, 11) is 3.06. The Morgan fingerprint density at radius 2 is 2.20 bits per heavy atom. The highest BCUT2D eigenvalue weighted by atomic mass is 16.6. The molecule has 1 heterocycles. The molecule has 0 aliphatic heterocycles. The van der Waals surface area contributed by atoms with Crippen LogP contribution in [0.3, 0.4) is 0 Å². The third kappa shape index (κ3) is 2.75. The van der Waals surface area contributed by atoms with E-state index in [0.29, 0.717) is 30.3 Å². The molecule has 0 saturated carbocycles. The van der Waals surface area contributed by atoms with E-state index in [1.165, 1.54) is 19.2 Å². The van der Waals surface area contributed by atoms with Gasteiger partial charge in [0, 0.05) is 19.7 Å². The summed E-state index contributed by atoms with van der Waals surface area (Å²) in [5.74, 6) is 0.958. The van der Waals surface area contributed by atoms with Crippen molar-refractivity contribution in [3.05, 3.63) is 34.6 Å². The number of ether oxygens (including phenoxy) is 2. The molecule has 20 heavy (non-hydrogen) atoms. The number of nitrogens with zero attached hydrogens (tertiary/aromatic N) is 4. The van der Waals surface area contributed by atoms with Crippen LogP contribution in [0.25, 0.3) is 11.4 Å². The van der Waals surface area contributed by atoms with Gasteiger partial charge in [-0.1, -0.05) is 0 Å². The molecular formula is C12H14N4O4. The Balaban J connectivity index is 2.42. The number of hydrogen-bond donors (Lipinski definition) is 0. The van der Waals surface area contributed by atoms with Gasteiger partial charge in [-0.2, -0.15) is 0 Å². The van der Waals surface area contributed by atoms with E-state index in [-0.39, 0.29) is 5.69 Å². The lowest BCUT2D eigenvalue weighted by Gasteiger charge is -2.09. The number of non-ortho nitro benzene ring substituents is 1. The zero-order valence-electron chi connectivity index (χ0n) is 11.1. The van der Waals surface area contributed by atoms with Crippen LogP contribution in [0.2, 0.25) is 0 Å². The number of benzene rings is 1. The molecule has 0 atom stereocenters. The maximum absolute atomic E-state index is 10.8. The van der Waals surface area contributed by atoms with Gasteiger partial charge in [0.1, 0.15) is 12.1 Å². The van der Waals surface area contributed by atoms with Crippen molar-refractivity contribution in [2.45, 2.75) is 6.54 Å². The highest BCUT2D eigenvalue weighted by molar-refractivity contribution is 5.66. The van der Waals surface area contributed by atoms with E-state index >= 15 is 0 Å². The van der Waals surface area contributed by atoms with Crippen molar-refractivity contribution in [3.8, 4) is 17.1 Å². The average molecular weight is 278 g/mol. The molecule has 1 aromatic carbocycles. The summed E-state index contributed by atoms with van der Waals surface area (Å²) in [4.78, 5) is 10.3. The fourth-order valence-electron chi connectivity index (χ4n) is 1.80. The van der Waals surface area contributed by atoms with E-state index in [0.717, 1.165) is 0 Å². The number of nitro benzene ring substituents is 1. The van der Waals surface area contributed by atoms with Crippen molar-refractivity contribution >= 4 is 5.69 Å². The monoisotopic (exact) mass is 278 g/mol. The predicted octanol–water partition coefficient (Wildman–Crippen LogP) is 1.51. The number of methoxy groups -OCH3 is 2. The van der Waals surface area contributed by atoms with Crippen LogP contribution in [0.4, 0.5) is 5.69 Å². The Bertz CT molecular complexity index is 611. The molecule has 2 rings (SSSR count). The van der Waals surface area contributed by atoms with Crippen molar-refractivity contribution in [2.24, 2.45) is 0 Å². The number of hydrogen-bond acceptors (Lipinski definition) is 6. The molecule has 106 valence electrons. The largest absolute Gasteiger partial charge is 0.496 e. The zero-order valence-corrected chi connectivity index (χ0v) is 11.1. The van der Waals surface area contributed by atoms with Crippen molar-refractivity contribution in [1.82, 2.24) is 14.8 Å². The Labute approximate surface area is 115 Å². The first kappa shape index (κ1) is 13.9. The minimum atomic E-state index is -0.470. The summed E-state index contributed by atoms with van der Waals surface area (Å²) >= 11 is 0. The molecule has 2 aromatic rings. The van der Waals surface area contributed by atoms with Crippen LogP contribution >= 0.6 is 0 Å². The molecule has 0 bridgehead atoms. The molecular weight excluding hydrogens is 264 g/mol. The standard InChI is InChI=1S/C12H14N4O4/c1-19-6-5-15-8-13-14-12(15)10-4-3-9(16(17)18)7-11(10)20-2/h3-4,7-8H,5-6H2,1-2H3. The Hall–Kier alpha value is -2.48. The van der Waals surface area contributed by atoms with Crippen LogP contribution in [-0.2, 0) is 11.3 Å². The Kier molecular flexibility index (Phi) is 4.26. The number of aromatic nitrogens is 3. The van der Waals surface area contributed by atoms with E-state index in [1.54, 1.807) is 24.1 Å². The van der Waals surface area contributed by atoms with Crippen molar-refractivity contribution in [3.63, 3.8) is 0 Å². The molecule has 0 aliphatic carbocycles. The SMILES string of the molecule is COCCn1cnnc1-c1ccc([N+](=O)[O-])cc1OC. The molecule has 0 fully saturated rings. The Morgan fingerprint density at radius 1 is 1.40 bits per heavy atom. The van der Waals surface area contributed by atoms with Crippen LogP contribution in [0.5, 0.6) is 5.75 Å². The molecule has 1 aromatic heterocycles. The van der Waals surface area contributed by atoms with Crippen LogP contribution in [0.15, 0.2) is 24.5 Å². The van der Waals surface area contributed by atoms with Gasteiger partial charge in [-0.15, -0.1) is 10.2 Å². The molecule has 0 saturated heterocycles. The van der Waals surface area contributed by atoms with Gasteiger partial charge in [-0.3, -0.25) is 10.1 Å². The molecule has 8 heteroatoms. The average Bonchev–Trinajstić information content (AvgIpc) is 2.92. The first-order valence-corrected chi connectivity index (χ1v) is 5.87. The zero-order chi connectivity index (χ0) is 14.5. The molecule has 0 unspecified atom stereocenters.